The van der Waals surface area contributed by atoms with E-state index in [9.17, 15) is 9.90 Å². The number of hydrogen-bond donors (Lipinski definition) is 1. The van der Waals surface area contributed by atoms with Crippen molar-refractivity contribution >= 4 is 5.91 Å². The molecule has 1 aromatic carbocycles. The van der Waals surface area contributed by atoms with E-state index in [0.717, 1.165) is 16.7 Å². The smallest absolute Gasteiger partial charge is 0.249 e. The number of fused-ring (bicyclic) bond motifs is 1. The molecule has 110 valence electrons. The molecule has 1 aliphatic heterocycles. The minimum absolute atomic E-state index is 0.0261. The van der Waals surface area contributed by atoms with Gasteiger partial charge in [-0.15, -0.1) is 0 Å². The first-order valence-electron chi connectivity index (χ1n) is 6.79. The van der Waals surface area contributed by atoms with E-state index in [1.165, 1.54) is 13.4 Å². The summed E-state index contributed by atoms with van der Waals surface area (Å²) in [6.45, 7) is 1.24. The van der Waals surface area contributed by atoms with Crippen LogP contribution >= 0.6 is 0 Å². The van der Waals surface area contributed by atoms with Gasteiger partial charge in [-0.2, -0.15) is 0 Å². The Hall–Kier alpha value is -2.11. The predicted octanol–water partition coefficient (Wildman–Crippen LogP) is 1.85. The van der Waals surface area contributed by atoms with Crippen molar-refractivity contribution in [3.8, 4) is 0 Å². The molecule has 0 saturated heterocycles. The SMILES string of the molecule is COCC(=O)N1Cc2ccc(C(O)c3ccco3)cc2C1. The molecule has 0 radical (unpaired) electrons. The highest BCUT2D eigenvalue weighted by Crippen LogP contribution is 2.29. The molecule has 5 heteroatoms. The van der Waals surface area contributed by atoms with Crippen LogP contribution in [0.3, 0.4) is 0 Å². The molecule has 5 nitrogen and oxygen atoms in total. The second-order valence-electron chi connectivity index (χ2n) is 5.13. The number of aliphatic hydroxyl groups is 1. The zero-order valence-corrected chi connectivity index (χ0v) is 11.8. The second kappa shape index (κ2) is 5.71. The number of amides is 1. The summed E-state index contributed by atoms with van der Waals surface area (Å²) in [5.74, 6) is 0.488. The van der Waals surface area contributed by atoms with Crippen LogP contribution in [0.25, 0.3) is 0 Å². The van der Waals surface area contributed by atoms with E-state index in [0.29, 0.717) is 18.8 Å². The number of methoxy groups -OCH3 is 1. The number of benzene rings is 1. The molecule has 0 fully saturated rings. The Balaban J connectivity index is 1.79. The number of aliphatic hydroxyl groups excluding tert-OH is 1. The maximum atomic E-state index is 11.9. The average molecular weight is 287 g/mol. The van der Waals surface area contributed by atoms with Crippen LogP contribution in [0.5, 0.6) is 0 Å². The summed E-state index contributed by atoms with van der Waals surface area (Å²) in [5.41, 5.74) is 2.93. The van der Waals surface area contributed by atoms with E-state index in [1.54, 1.807) is 17.0 Å². The van der Waals surface area contributed by atoms with Crippen molar-refractivity contribution in [1.29, 1.82) is 0 Å². The van der Waals surface area contributed by atoms with Gasteiger partial charge in [-0.3, -0.25) is 4.79 Å². The Kier molecular flexibility index (Phi) is 3.77. The fraction of sp³-hybridized carbons (Fsp3) is 0.312. The lowest BCUT2D eigenvalue weighted by Crippen LogP contribution is -2.28. The van der Waals surface area contributed by atoms with Gasteiger partial charge < -0.3 is 19.2 Å². The molecule has 1 atom stereocenters. The summed E-state index contributed by atoms with van der Waals surface area (Å²) in [5, 5.41) is 10.3. The number of carbonyl (C=O) groups is 1. The molecule has 0 saturated carbocycles. The average Bonchev–Trinajstić information content (AvgIpc) is 3.15. The van der Waals surface area contributed by atoms with Gasteiger partial charge in [-0.1, -0.05) is 18.2 Å². The van der Waals surface area contributed by atoms with Gasteiger partial charge in [0.1, 0.15) is 18.5 Å². The molecule has 0 bridgehead atoms. The molecule has 0 aliphatic carbocycles. The Bertz CT molecular complexity index is 636. The van der Waals surface area contributed by atoms with Crippen LogP contribution in [0.2, 0.25) is 0 Å². The molecule has 1 aliphatic rings. The van der Waals surface area contributed by atoms with Gasteiger partial charge in [-0.25, -0.2) is 0 Å². The van der Waals surface area contributed by atoms with E-state index >= 15 is 0 Å². The van der Waals surface area contributed by atoms with Crippen molar-refractivity contribution in [1.82, 2.24) is 4.90 Å². The zero-order chi connectivity index (χ0) is 14.8. The lowest BCUT2D eigenvalue weighted by Gasteiger charge is -2.14. The Morgan fingerprint density at radius 1 is 1.38 bits per heavy atom. The van der Waals surface area contributed by atoms with Crippen LogP contribution in [0.4, 0.5) is 0 Å². The summed E-state index contributed by atoms with van der Waals surface area (Å²) in [4.78, 5) is 13.6. The molecule has 1 unspecified atom stereocenters. The van der Waals surface area contributed by atoms with E-state index in [1.807, 2.05) is 18.2 Å². The van der Waals surface area contributed by atoms with Crippen molar-refractivity contribution in [3.63, 3.8) is 0 Å². The van der Waals surface area contributed by atoms with Crippen LogP contribution in [-0.2, 0) is 22.6 Å². The number of carbonyl (C=O) groups excluding carboxylic acids is 1. The third-order valence-electron chi connectivity index (χ3n) is 3.70. The molecule has 3 rings (SSSR count). The minimum atomic E-state index is -0.783. The van der Waals surface area contributed by atoms with Crippen LogP contribution in [-0.4, -0.2) is 29.6 Å². The van der Waals surface area contributed by atoms with Gasteiger partial charge in [0.2, 0.25) is 5.91 Å². The van der Waals surface area contributed by atoms with E-state index in [2.05, 4.69) is 0 Å². The molecule has 1 aromatic heterocycles. The van der Waals surface area contributed by atoms with Crippen LogP contribution in [0, 0.1) is 0 Å². The second-order valence-corrected chi connectivity index (χ2v) is 5.13. The number of furan rings is 1. The summed E-state index contributed by atoms with van der Waals surface area (Å²) in [7, 11) is 1.51. The van der Waals surface area contributed by atoms with Gasteiger partial charge in [-0.05, 0) is 28.8 Å². The molecule has 1 amide bonds. The standard InChI is InChI=1S/C16H17NO4/c1-20-10-15(18)17-8-12-5-4-11(7-13(12)9-17)16(19)14-3-2-6-21-14/h2-7,16,19H,8-10H2,1H3. The number of nitrogens with zero attached hydrogens (tertiary/aromatic N) is 1. The van der Waals surface area contributed by atoms with Crippen LogP contribution in [0.15, 0.2) is 41.0 Å². The normalized spacial score (nSPS) is 15.0. The van der Waals surface area contributed by atoms with Gasteiger partial charge in [0, 0.05) is 20.2 Å². The summed E-state index contributed by atoms with van der Waals surface area (Å²) >= 11 is 0. The highest BCUT2D eigenvalue weighted by atomic mass is 16.5. The molecule has 2 heterocycles. The fourth-order valence-electron chi connectivity index (χ4n) is 2.59. The highest BCUT2D eigenvalue weighted by molar-refractivity contribution is 5.78. The first-order valence-corrected chi connectivity index (χ1v) is 6.79. The van der Waals surface area contributed by atoms with Crippen molar-refractivity contribution < 1.29 is 19.1 Å². The maximum Gasteiger partial charge on any atom is 0.249 e. The third kappa shape index (κ3) is 2.70. The Labute approximate surface area is 122 Å². The molecule has 2 aromatic rings. The third-order valence-corrected chi connectivity index (χ3v) is 3.70. The van der Waals surface area contributed by atoms with E-state index in [-0.39, 0.29) is 12.5 Å². The largest absolute Gasteiger partial charge is 0.466 e. The fourth-order valence-corrected chi connectivity index (χ4v) is 2.59. The number of ether oxygens (including phenoxy) is 1. The topological polar surface area (TPSA) is 62.9 Å². The molecule has 21 heavy (non-hydrogen) atoms. The van der Waals surface area contributed by atoms with Crippen LogP contribution in [0.1, 0.15) is 28.6 Å². The van der Waals surface area contributed by atoms with Gasteiger partial charge in [0.25, 0.3) is 0 Å². The molecule has 0 spiro atoms. The predicted molar refractivity (Wildman–Crippen MR) is 75.3 cm³/mol. The molecule has 1 N–H and O–H groups in total. The maximum absolute atomic E-state index is 11.9. The van der Waals surface area contributed by atoms with Crippen molar-refractivity contribution in [2.75, 3.05) is 13.7 Å². The quantitative estimate of drug-likeness (QED) is 0.932. The summed E-state index contributed by atoms with van der Waals surface area (Å²) < 4.78 is 10.1. The van der Waals surface area contributed by atoms with E-state index < -0.39 is 6.10 Å². The lowest BCUT2D eigenvalue weighted by atomic mass is 10.0. The highest BCUT2D eigenvalue weighted by Gasteiger charge is 2.24. The van der Waals surface area contributed by atoms with Crippen molar-refractivity contribution in [3.05, 3.63) is 59.0 Å². The number of rotatable bonds is 4. The first-order chi connectivity index (χ1) is 10.2. The molecular formula is C16H17NO4. The van der Waals surface area contributed by atoms with Crippen LogP contribution < -0.4 is 0 Å². The zero-order valence-electron chi connectivity index (χ0n) is 11.8. The number of hydrogen-bond acceptors (Lipinski definition) is 4. The monoisotopic (exact) mass is 287 g/mol. The van der Waals surface area contributed by atoms with Crippen molar-refractivity contribution in [2.45, 2.75) is 19.2 Å². The summed E-state index contributed by atoms with van der Waals surface area (Å²) in [6.07, 6.45) is 0.755. The Morgan fingerprint density at radius 2 is 2.19 bits per heavy atom. The van der Waals surface area contributed by atoms with Gasteiger partial charge in [0.05, 0.1) is 6.26 Å². The summed E-state index contributed by atoms with van der Waals surface area (Å²) in [6, 6.07) is 9.25. The first kappa shape index (κ1) is 13.9. The minimum Gasteiger partial charge on any atom is -0.466 e. The van der Waals surface area contributed by atoms with Gasteiger partial charge >= 0.3 is 0 Å². The molecular weight excluding hydrogens is 270 g/mol. The Morgan fingerprint density at radius 3 is 2.90 bits per heavy atom. The van der Waals surface area contributed by atoms with E-state index in [4.69, 9.17) is 9.15 Å². The lowest BCUT2D eigenvalue weighted by molar-refractivity contribution is -0.135. The van der Waals surface area contributed by atoms with Crippen molar-refractivity contribution in [2.24, 2.45) is 0 Å². The van der Waals surface area contributed by atoms with Gasteiger partial charge in [0.15, 0.2) is 0 Å².